The maximum atomic E-state index is 12.5. The fraction of sp³-hybridized carbons (Fsp3) is 0.929. The first-order valence-corrected chi connectivity index (χ1v) is 8.60. The smallest absolute Gasteiger partial charge is 0.224 e. The molecule has 1 saturated carbocycles. The lowest BCUT2D eigenvalue weighted by Crippen LogP contribution is -2.49. The van der Waals surface area contributed by atoms with Crippen LogP contribution < -0.4 is 5.32 Å². The predicted molar refractivity (Wildman–Crippen MR) is 75.8 cm³/mol. The molecule has 2 aliphatic heterocycles. The summed E-state index contributed by atoms with van der Waals surface area (Å²) in [7, 11) is 0. The van der Waals surface area contributed by atoms with Gasteiger partial charge in [-0.3, -0.25) is 4.79 Å². The first-order chi connectivity index (χ1) is 8.84. The largest absolute Gasteiger partial charge is 0.339 e. The molecule has 102 valence electrons. The number of likely N-dealkylation sites (tertiary alicyclic amines) is 1. The average molecular weight is 268 g/mol. The zero-order valence-corrected chi connectivity index (χ0v) is 11.9. The van der Waals surface area contributed by atoms with Crippen molar-refractivity contribution in [2.75, 3.05) is 24.6 Å². The van der Waals surface area contributed by atoms with Gasteiger partial charge >= 0.3 is 0 Å². The number of amides is 1. The van der Waals surface area contributed by atoms with Gasteiger partial charge in [0.2, 0.25) is 5.91 Å². The molecule has 3 fully saturated rings. The molecule has 4 heteroatoms. The van der Waals surface area contributed by atoms with Crippen molar-refractivity contribution in [3.8, 4) is 0 Å². The van der Waals surface area contributed by atoms with Crippen molar-refractivity contribution in [2.45, 2.75) is 50.6 Å². The lowest BCUT2D eigenvalue weighted by Gasteiger charge is -2.38. The van der Waals surface area contributed by atoms with E-state index in [-0.39, 0.29) is 0 Å². The van der Waals surface area contributed by atoms with Gasteiger partial charge in [0.1, 0.15) is 0 Å². The SMILES string of the molecule is O=C(CC1CSCCN1)N1CCCC2CCCC21. The third-order valence-electron chi connectivity index (χ3n) is 4.73. The number of fused-ring (bicyclic) bond motifs is 1. The summed E-state index contributed by atoms with van der Waals surface area (Å²) >= 11 is 1.98. The van der Waals surface area contributed by atoms with Crippen LogP contribution in [0.1, 0.15) is 38.5 Å². The zero-order chi connectivity index (χ0) is 12.4. The summed E-state index contributed by atoms with van der Waals surface area (Å²) in [6, 6.07) is 1.00. The lowest BCUT2D eigenvalue weighted by atomic mass is 9.91. The van der Waals surface area contributed by atoms with Gasteiger partial charge in [0.05, 0.1) is 0 Å². The van der Waals surface area contributed by atoms with E-state index in [9.17, 15) is 4.79 Å². The molecule has 0 aromatic rings. The molecule has 1 aliphatic carbocycles. The van der Waals surface area contributed by atoms with Gasteiger partial charge < -0.3 is 10.2 Å². The molecule has 0 bridgehead atoms. The number of nitrogens with zero attached hydrogens (tertiary/aromatic N) is 1. The molecule has 1 N–H and O–H groups in total. The summed E-state index contributed by atoms with van der Waals surface area (Å²) in [4.78, 5) is 14.7. The molecule has 1 amide bonds. The minimum atomic E-state index is 0.409. The van der Waals surface area contributed by atoms with Crippen LogP contribution in [0.2, 0.25) is 0 Å². The van der Waals surface area contributed by atoms with Crippen LogP contribution in [-0.2, 0) is 4.79 Å². The molecule has 3 aliphatic rings. The van der Waals surface area contributed by atoms with E-state index in [0.717, 1.165) is 31.2 Å². The standard InChI is InChI=1S/C14H24N2OS/c17-14(9-12-10-18-8-6-15-12)16-7-2-4-11-3-1-5-13(11)16/h11-13,15H,1-10H2. The van der Waals surface area contributed by atoms with Crippen molar-refractivity contribution in [3.05, 3.63) is 0 Å². The predicted octanol–water partition coefficient (Wildman–Crippen LogP) is 1.87. The Balaban J connectivity index is 1.57. The van der Waals surface area contributed by atoms with Crippen molar-refractivity contribution in [1.29, 1.82) is 0 Å². The number of nitrogens with one attached hydrogen (secondary N) is 1. The minimum absolute atomic E-state index is 0.409. The fourth-order valence-electron chi connectivity index (χ4n) is 3.84. The second-order valence-corrected chi connectivity index (χ2v) is 7.07. The van der Waals surface area contributed by atoms with Crippen LogP contribution in [0.3, 0.4) is 0 Å². The molecule has 0 radical (unpaired) electrons. The van der Waals surface area contributed by atoms with Gasteiger partial charge in [0.25, 0.3) is 0 Å². The van der Waals surface area contributed by atoms with Crippen molar-refractivity contribution in [3.63, 3.8) is 0 Å². The topological polar surface area (TPSA) is 32.3 Å². The highest BCUT2D eigenvalue weighted by Gasteiger charge is 2.37. The first kappa shape index (κ1) is 12.8. The second kappa shape index (κ2) is 5.83. The van der Waals surface area contributed by atoms with Crippen LogP contribution in [-0.4, -0.2) is 47.5 Å². The van der Waals surface area contributed by atoms with Gasteiger partial charge in [0.15, 0.2) is 0 Å². The molecule has 2 saturated heterocycles. The van der Waals surface area contributed by atoms with E-state index in [1.54, 1.807) is 0 Å². The van der Waals surface area contributed by atoms with E-state index in [2.05, 4.69) is 10.2 Å². The van der Waals surface area contributed by atoms with E-state index in [0.29, 0.717) is 18.0 Å². The summed E-state index contributed by atoms with van der Waals surface area (Å²) in [5, 5.41) is 3.48. The van der Waals surface area contributed by atoms with Gasteiger partial charge in [-0.1, -0.05) is 6.42 Å². The van der Waals surface area contributed by atoms with Crippen molar-refractivity contribution in [2.24, 2.45) is 5.92 Å². The van der Waals surface area contributed by atoms with Crippen LogP contribution in [0.4, 0.5) is 0 Å². The Morgan fingerprint density at radius 1 is 1.28 bits per heavy atom. The van der Waals surface area contributed by atoms with Crippen LogP contribution >= 0.6 is 11.8 Å². The molecule has 0 aromatic carbocycles. The Kier molecular flexibility index (Phi) is 4.14. The molecule has 0 spiro atoms. The van der Waals surface area contributed by atoms with Crippen LogP contribution in [0.5, 0.6) is 0 Å². The van der Waals surface area contributed by atoms with Crippen molar-refractivity contribution >= 4 is 17.7 Å². The normalized spacial score (nSPS) is 36.4. The number of carbonyl (C=O) groups excluding carboxylic acids is 1. The van der Waals surface area contributed by atoms with Crippen molar-refractivity contribution in [1.82, 2.24) is 10.2 Å². The molecule has 3 nitrogen and oxygen atoms in total. The first-order valence-electron chi connectivity index (χ1n) is 7.45. The van der Waals surface area contributed by atoms with E-state index in [1.165, 1.54) is 37.9 Å². The summed E-state index contributed by atoms with van der Waals surface area (Å²) in [5.74, 6) is 3.52. The Morgan fingerprint density at radius 3 is 3.00 bits per heavy atom. The number of carbonyl (C=O) groups is 1. The highest BCUT2D eigenvalue weighted by molar-refractivity contribution is 7.99. The monoisotopic (exact) mass is 268 g/mol. The Morgan fingerprint density at radius 2 is 2.17 bits per heavy atom. The molecule has 3 atom stereocenters. The van der Waals surface area contributed by atoms with Gasteiger partial charge in [-0.2, -0.15) is 11.8 Å². The van der Waals surface area contributed by atoms with E-state index in [1.807, 2.05) is 11.8 Å². The molecule has 0 aromatic heterocycles. The highest BCUT2D eigenvalue weighted by Crippen LogP contribution is 2.37. The van der Waals surface area contributed by atoms with Gasteiger partial charge in [-0.25, -0.2) is 0 Å². The quantitative estimate of drug-likeness (QED) is 0.830. The van der Waals surface area contributed by atoms with E-state index >= 15 is 0 Å². The van der Waals surface area contributed by atoms with Crippen LogP contribution in [0.25, 0.3) is 0 Å². The average Bonchev–Trinajstić information content (AvgIpc) is 2.87. The second-order valence-electron chi connectivity index (χ2n) is 5.92. The van der Waals surface area contributed by atoms with Gasteiger partial charge in [-0.05, 0) is 31.6 Å². The third kappa shape index (κ3) is 2.69. The van der Waals surface area contributed by atoms with Gasteiger partial charge in [-0.15, -0.1) is 0 Å². The van der Waals surface area contributed by atoms with Crippen LogP contribution in [0.15, 0.2) is 0 Å². The Labute approximate surface area is 114 Å². The molecule has 3 unspecified atom stereocenters. The van der Waals surface area contributed by atoms with E-state index < -0.39 is 0 Å². The highest BCUT2D eigenvalue weighted by atomic mass is 32.2. The maximum absolute atomic E-state index is 12.5. The number of hydrogen-bond acceptors (Lipinski definition) is 3. The minimum Gasteiger partial charge on any atom is -0.339 e. The summed E-state index contributed by atoms with van der Waals surface area (Å²) in [5.41, 5.74) is 0. The van der Waals surface area contributed by atoms with E-state index in [4.69, 9.17) is 0 Å². The number of hydrogen-bond donors (Lipinski definition) is 1. The fourth-order valence-corrected chi connectivity index (χ4v) is 4.79. The number of thioether (sulfide) groups is 1. The Hall–Kier alpha value is -0.220. The van der Waals surface area contributed by atoms with Crippen LogP contribution in [0, 0.1) is 5.92 Å². The summed E-state index contributed by atoms with van der Waals surface area (Å²) in [6.07, 6.45) is 7.23. The Bertz CT molecular complexity index is 304. The van der Waals surface area contributed by atoms with Gasteiger partial charge in [0, 0.05) is 43.1 Å². The van der Waals surface area contributed by atoms with Crippen molar-refractivity contribution < 1.29 is 4.79 Å². The molecular formula is C14H24N2OS. The number of piperidine rings is 1. The number of rotatable bonds is 2. The zero-order valence-electron chi connectivity index (χ0n) is 11.1. The lowest BCUT2D eigenvalue weighted by molar-refractivity contribution is -0.136. The third-order valence-corrected chi connectivity index (χ3v) is 5.86. The molecule has 18 heavy (non-hydrogen) atoms. The maximum Gasteiger partial charge on any atom is 0.224 e. The molecule has 2 heterocycles. The molecular weight excluding hydrogens is 244 g/mol. The molecule has 3 rings (SSSR count). The summed E-state index contributed by atoms with van der Waals surface area (Å²) < 4.78 is 0. The summed E-state index contributed by atoms with van der Waals surface area (Å²) in [6.45, 7) is 2.08.